The van der Waals surface area contributed by atoms with Gasteiger partial charge in [-0.15, -0.1) is 0 Å². The minimum absolute atomic E-state index is 0.00128. The molecule has 1 atom stereocenters. The van der Waals surface area contributed by atoms with Crippen molar-refractivity contribution >= 4 is 39.2 Å². The predicted molar refractivity (Wildman–Crippen MR) is 64.4 cm³/mol. The molecule has 1 saturated heterocycles. The second-order valence-corrected chi connectivity index (χ2v) is 4.65. The maximum atomic E-state index is 11.7. The molecular weight excluding hydrogens is 290 g/mol. The monoisotopic (exact) mass is 299 g/mol. The van der Waals surface area contributed by atoms with Gasteiger partial charge in [-0.25, -0.2) is 0 Å². The zero-order valence-electron chi connectivity index (χ0n) is 8.76. The number of anilines is 2. The second-order valence-electron chi connectivity index (χ2n) is 3.80. The van der Waals surface area contributed by atoms with Gasteiger partial charge in [0.15, 0.2) is 0 Å². The smallest absolute Gasteiger partial charge is 0.308 e. The maximum Gasteiger partial charge on any atom is 0.308 e. The van der Waals surface area contributed by atoms with Crippen LogP contribution in [0.25, 0.3) is 0 Å². The third-order valence-electron chi connectivity index (χ3n) is 2.68. The molecule has 2 rings (SSSR count). The Bertz CT molecular complexity index is 492. The van der Waals surface area contributed by atoms with Gasteiger partial charge in [-0.2, -0.15) is 0 Å². The highest BCUT2D eigenvalue weighted by Gasteiger charge is 2.36. The van der Waals surface area contributed by atoms with E-state index in [0.717, 1.165) is 0 Å². The molecule has 6 nitrogen and oxygen atoms in total. The van der Waals surface area contributed by atoms with Crippen LogP contribution in [-0.4, -0.2) is 28.5 Å². The summed E-state index contributed by atoms with van der Waals surface area (Å²) in [5, 5.41) is 8.88. The SMILES string of the molecule is Nc1c(Br)cncc1N1CC(C(=O)O)CC1=O. The Morgan fingerprint density at radius 3 is 2.88 bits per heavy atom. The van der Waals surface area contributed by atoms with E-state index in [1.807, 2.05) is 0 Å². The average Bonchev–Trinajstić information content (AvgIpc) is 2.65. The van der Waals surface area contributed by atoms with E-state index in [9.17, 15) is 9.59 Å². The van der Waals surface area contributed by atoms with E-state index < -0.39 is 11.9 Å². The van der Waals surface area contributed by atoms with Gasteiger partial charge in [0.25, 0.3) is 0 Å². The molecule has 17 heavy (non-hydrogen) atoms. The van der Waals surface area contributed by atoms with Crippen molar-refractivity contribution in [3.63, 3.8) is 0 Å². The molecule has 0 radical (unpaired) electrons. The van der Waals surface area contributed by atoms with Gasteiger partial charge in [-0.1, -0.05) is 0 Å². The van der Waals surface area contributed by atoms with E-state index in [0.29, 0.717) is 15.8 Å². The lowest BCUT2D eigenvalue weighted by atomic mass is 10.1. The summed E-state index contributed by atoms with van der Waals surface area (Å²) in [5.41, 5.74) is 6.66. The lowest BCUT2D eigenvalue weighted by molar-refractivity contribution is -0.141. The molecule has 1 aliphatic rings. The zero-order valence-corrected chi connectivity index (χ0v) is 10.3. The Labute approximate surface area is 106 Å². The van der Waals surface area contributed by atoms with Crippen LogP contribution < -0.4 is 10.6 Å². The van der Waals surface area contributed by atoms with E-state index in [4.69, 9.17) is 10.8 Å². The summed E-state index contributed by atoms with van der Waals surface area (Å²) >= 11 is 3.22. The van der Waals surface area contributed by atoms with Crippen LogP contribution in [0, 0.1) is 5.92 Å². The Morgan fingerprint density at radius 2 is 2.29 bits per heavy atom. The molecule has 1 fully saturated rings. The van der Waals surface area contributed by atoms with Crippen molar-refractivity contribution in [3.8, 4) is 0 Å². The zero-order chi connectivity index (χ0) is 12.6. The third kappa shape index (κ3) is 2.10. The number of amides is 1. The topological polar surface area (TPSA) is 96.5 Å². The first-order valence-electron chi connectivity index (χ1n) is 4.93. The Kier molecular flexibility index (Phi) is 3.01. The number of carbonyl (C=O) groups excluding carboxylic acids is 1. The van der Waals surface area contributed by atoms with Crippen LogP contribution in [-0.2, 0) is 9.59 Å². The molecule has 0 aromatic carbocycles. The van der Waals surface area contributed by atoms with Gasteiger partial charge in [0.2, 0.25) is 5.91 Å². The summed E-state index contributed by atoms with van der Waals surface area (Å²) in [5.74, 6) is -1.90. The average molecular weight is 300 g/mol. The molecule has 0 bridgehead atoms. The summed E-state index contributed by atoms with van der Waals surface area (Å²) in [6.45, 7) is 0.135. The highest BCUT2D eigenvalue weighted by molar-refractivity contribution is 9.10. The number of carboxylic acid groups (broad SMARTS) is 1. The molecule has 90 valence electrons. The Balaban J connectivity index is 2.32. The number of nitrogen functional groups attached to an aromatic ring is 1. The van der Waals surface area contributed by atoms with Gasteiger partial charge < -0.3 is 15.7 Å². The highest BCUT2D eigenvalue weighted by atomic mass is 79.9. The fourth-order valence-electron chi connectivity index (χ4n) is 1.76. The lowest BCUT2D eigenvalue weighted by Crippen LogP contribution is -2.26. The third-order valence-corrected chi connectivity index (χ3v) is 3.31. The number of carbonyl (C=O) groups is 2. The van der Waals surface area contributed by atoms with Crippen molar-refractivity contribution < 1.29 is 14.7 Å². The molecular formula is C10H10BrN3O3. The lowest BCUT2D eigenvalue weighted by Gasteiger charge is -2.18. The van der Waals surface area contributed by atoms with Gasteiger partial charge in [-0.3, -0.25) is 14.6 Å². The second kappa shape index (κ2) is 4.33. The summed E-state index contributed by atoms with van der Waals surface area (Å²) in [7, 11) is 0. The number of pyridine rings is 1. The van der Waals surface area contributed by atoms with Crippen LogP contribution in [0.15, 0.2) is 16.9 Å². The molecule has 2 heterocycles. The van der Waals surface area contributed by atoms with Gasteiger partial charge in [-0.05, 0) is 15.9 Å². The largest absolute Gasteiger partial charge is 0.481 e. The van der Waals surface area contributed by atoms with Crippen LogP contribution in [0.2, 0.25) is 0 Å². The molecule has 3 N–H and O–H groups in total. The first-order chi connectivity index (χ1) is 8.00. The molecule has 1 aromatic heterocycles. The van der Waals surface area contributed by atoms with E-state index in [1.54, 1.807) is 0 Å². The first-order valence-corrected chi connectivity index (χ1v) is 5.72. The number of halogens is 1. The van der Waals surface area contributed by atoms with Crippen molar-refractivity contribution in [3.05, 3.63) is 16.9 Å². The molecule has 7 heteroatoms. The number of hydrogen-bond acceptors (Lipinski definition) is 4. The number of rotatable bonds is 2. The van der Waals surface area contributed by atoms with Crippen molar-refractivity contribution in [1.82, 2.24) is 4.98 Å². The summed E-state index contributed by atoms with van der Waals surface area (Å²) in [4.78, 5) is 27.9. The predicted octanol–water partition coefficient (Wildman–Crippen LogP) is 0.864. The van der Waals surface area contributed by atoms with Gasteiger partial charge >= 0.3 is 5.97 Å². The first kappa shape index (κ1) is 11.8. The van der Waals surface area contributed by atoms with E-state index in [2.05, 4.69) is 20.9 Å². The Morgan fingerprint density at radius 1 is 1.59 bits per heavy atom. The summed E-state index contributed by atoms with van der Waals surface area (Å²) < 4.78 is 0.585. The van der Waals surface area contributed by atoms with Crippen molar-refractivity contribution in [2.24, 2.45) is 5.92 Å². The molecule has 1 aliphatic heterocycles. The highest BCUT2D eigenvalue weighted by Crippen LogP contribution is 2.33. The van der Waals surface area contributed by atoms with Crippen molar-refractivity contribution in [2.45, 2.75) is 6.42 Å². The number of nitrogens with zero attached hydrogens (tertiary/aromatic N) is 2. The van der Waals surface area contributed by atoms with Crippen LogP contribution in [0.3, 0.4) is 0 Å². The molecule has 1 unspecified atom stereocenters. The Hall–Kier alpha value is -1.63. The molecule has 1 amide bonds. The van der Waals surface area contributed by atoms with Gasteiger partial charge in [0.1, 0.15) is 0 Å². The molecule has 0 aliphatic carbocycles. The number of hydrogen-bond donors (Lipinski definition) is 2. The van der Waals surface area contributed by atoms with Crippen molar-refractivity contribution in [1.29, 1.82) is 0 Å². The van der Waals surface area contributed by atoms with Crippen LogP contribution in [0.5, 0.6) is 0 Å². The minimum atomic E-state index is -0.970. The number of nitrogens with two attached hydrogens (primary N) is 1. The fraction of sp³-hybridized carbons (Fsp3) is 0.300. The molecule has 0 spiro atoms. The van der Waals surface area contributed by atoms with Crippen LogP contribution >= 0.6 is 15.9 Å². The maximum absolute atomic E-state index is 11.7. The van der Waals surface area contributed by atoms with Gasteiger partial charge in [0, 0.05) is 19.2 Å². The quantitative estimate of drug-likeness (QED) is 0.844. The number of aromatic nitrogens is 1. The summed E-state index contributed by atoms with van der Waals surface area (Å²) in [6, 6.07) is 0. The van der Waals surface area contributed by atoms with Crippen LogP contribution in [0.1, 0.15) is 6.42 Å². The van der Waals surface area contributed by atoms with Crippen LogP contribution in [0.4, 0.5) is 11.4 Å². The standard InChI is InChI=1S/C10H10BrN3O3/c11-6-2-13-3-7(9(6)12)14-4-5(10(16)17)1-8(14)15/h2-3,5H,1,4H2,(H2,12,13)(H,16,17). The van der Waals surface area contributed by atoms with E-state index in [-0.39, 0.29) is 18.9 Å². The normalized spacial score (nSPS) is 19.7. The van der Waals surface area contributed by atoms with Gasteiger partial charge in [0.05, 0.1) is 28.0 Å². The fourth-order valence-corrected chi connectivity index (χ4v) is 2.08. The minimum Gasteiger partial charge on any atom is -0.481 e. The van der Waals surface area contributed by atoms with E-state index >= 15 is 0 Å². The molecule has 0 saturated carbocycles. The number of carboxylic acids is 1. The van der Waals surface area contributed by atoms with E-state index in [1.165, 1.54) is 17.3 Å². The summed E-state index contributed by atoms with van der Waals surface area (Å²) in [6.07, 6.45) is 2.98. The van der Waals surface area contributed by atoms with Crippen molar-refractivity contribution in [2.75, 3.05) is 17.2 Å². The number of aliphatic carboxylic acids is 1. The molecule has 1 aromatic rings.